The van der Waals surface area contributed by atoms with E-state index >= 15 is 0 Å². The lowest BCUT2D eigenvalue weighted by atomic mass is 10.2. The topological polar surface area (TPSA) is 26.3 Å². The Morgan fingerprint density at radius 3 is 2.88 bits per heavy atom. The minimum Gasteiger partial charge on any atom is -0.497 e. The van der Waals surface area contributed by atoms with Gasteiger partial charge in [-0.2, -0.15) is 0 Å². The number of carbonyl (C=O) groups is 1. The highest BCUT2D eigenvalue weighted by Crippen LogP contribution is 2.15. The molecule has 0 saturated heterocycles. The summed E-state index contributed by atoms with van der Waals surface area (Å²) in [5, 5.41) is 0.00417. The Morgan fingerprint density at radius 2 is 2.31 bits per heavy atom. The van der Waals surface area contributed by atoms with Crippen LogP contribution in [0.3, 0.4) is 0 Å². The Kier molecular flexibility index (Phi) is 4.87. The molecule has 0 saturated carbocycles. The standard InChI is InChI=1S/C12H11FO2S/c1-9(14)16-7-3-4-10-5-6-11(15-2)8-12(10)13/h5-6,8H,7H2,1-2H3. The minimum atomic E-state index is -0.417. The number of thioether (sulfide) groups is 1. The van der Waals surface area contributed by atoms with Crippen LogP contribution in [0, 0.1) is 17.7 Å². The molecule has 0 aromatic heterocycles. The molecule has 0 unspecified atom stereocenters. The van der Waals surface area contributed by atoms with E-state index in [1.54, 1.807) is 12.1 Å². The largest absolute Gasteiger partial charge is 0.497 e. The van der Waals surface area contributed by atoms with Gasteiger partial charge >= 0.3 is 0 Å². The summed E-state index contributed by atoms with van der Waals surface area (Å²) in [4.78, 5) is 10.6. The normalized spacial score (nSPS) is 9.19. The van der Waals surface area contributed by atoms with Crippen LogP contribution in [0.5, 0.6) is 5.75 Å². The Morgan fingerprint density at radius 1 is 1.56 bits per heavy atom. The smallest absolute Gasteiger partial charge is 0.186 e. The lowest BCUT2D eigenvalue weighted by molar-refractivity contribution is -0.109. The molecule has 0 spiro atoms. The van der Waals surface area contributed by atoms with E-state index in [1.165, 1.54) is 20.1 Å². The molecular formula is C12H11FO2S. The van der Waals surface area contributed by atoms with Crippen molar-refractivity contribution in [3.05, 3.63) is 29.6 Å². The van der Waals surface area contributed by atoms with Crippen molar-refractivity contribution in [2.45, 2.75) is 6.92 Å². The van der Waals surface area contributed by atoms with Gasteiger partial charge in [-0.05, 0) is 12.1 Å². The van der Waals surface area contributed by atoms with Crippen LogP contribution in [-0.2, 0) is 4.79 Å². The Bertz CT molecular complexity index is 446. The van der Waals surface area contributed by atoms with E-state index < -0.39 is 5.82 Å². The first-order chi connectivity index (χ1) is 7.63. The lowest BCUT2D eigenvalue weighted by Gasteiger charge is -1.99. The molecule has 0 bridgehead atoms. The highest BCUT2D eigenvalue weighted by molar-refractivity contribution is 8.13. The summed E-state index contributed by atoms with van der Waals surface area (Å²) < 4.78 is 18.2. The van der Waals surface area contributed by atoms with Crippen molar-refractivity contribution < 1.29 is 13.9 Å². The average Bonchev–Trinajstić information content (AvgIpc) is 2.25. The molecule has 1 aromatic carbocycles. The first-order valence-electron chi connectivity index (χ1n) is 4.59. The lowest BCUT2D eigenvalue weighted by Crippen LogP contribution is -1.88. The first kappa shape index (κ1) is 12.6. The summed E-state index contributed by atoms with van der Waals surface area (Å²) >= 11 is 1.10. The predicted molar refractivity (Wildman–Crippen MR) is 63.0 cm³/mol. The third kappa shape index (κ3) is 3.95. The van der Waals surface area contributed by atoms with E-state index in [-0.39, 0.29) is 5.12 Å². The van der Waals surface area contributed by atoms with Crippen molar-refractivity contribution in [3.8, 4) is 17.6 Å². The number of ether oxygens (including phenoxy) is 1. The van der Waals surface area contributed by atoms with E-state index in [4.69, 9.17) is 4.74 Å². The number of halogens is 1. The third-order valence-corrected chi connectivity index (χ3v) is 2.44. The fraction of sp³-hybridized carbons (Fsp3) is 0.250. The molecular weight excluding hydrogens is 227 g/mol. The van der Waals surface area contributed by atoms with Crippen molar-refractivity contribution in [2.75, 3.05) is 12.9 Å². The van der Waals surface area contributed by atoms with Gasteiger partial charge in [0.1, 0.15) is 11.6 Å². The fourth-order valence-corrected chi connectivity index (χ4v) is 1.34. The SMILES string of the molecule is COc1ccc(C#CCSC(C)=O)c(F)c1. The maximum atomic E-state index is 13.4. The van der Waals surface area contributed by atoms with Gasteiger partial charge in [-0.25, -0.2) is 4.39 Å². The second-order valence-electron chi connectivity index (χ2n) is 2.93. The van der Waals surface area contributed by atoms with Gasteiger partial charge in [0.15, 0.2) is 5.12 Å². The molecule has 0 aliphatic carbocycles. The van der Waals surface area contributed by atoms with Gasteiger partial charge in [-0.1, -0.05) is 23.6 Å². The maximum absolute atomic E-state index is 13.4. The zero-order chi connectivity index (χ0) is 12.0. The van der Waals surface area contributed by atoms with Crippen molar-refractivity contribution in [3.63, 3.8) is 0 Å². The molecule has 0 fully saturated rings. The molecule has 84 valence electrons. The van der Waals surface area contributed by atoms with E-state index in [0.717, 1.165) is 11.8 Å². The van der Waals surface area contributed by atoms with Gasteiger partial charge in [0, 0.05) is 13.0 Å². The summed E-state index contributed by atoms with van der Waals surface area (Å²) in [6.07, 6.45) is 0. The quantitative estimate of drug-likeness (QED) is 0.740. The van der Waals surface area contributed by atoms with Gasteiger partial charge in [0.25, 0.3) is 0 Å². The van der Waals surface area contributed by atoms with Crippen molar-refractivity contribution in [2.24, 2.45) is 0 Å². The molecule has 2 nitrogen and oxygen atoms in total. The van der Waals surface area contributed by atoms with Crippen LogP contribution < -0.4 is 4.74 Å². The highest BCUT2D eigenvalue weighted by Gasteiger charge is 2.00. The van der Waals surface area contributed by atoms with Crippen molar-refractivity contribution in [1.82, 2.24) is 0 Å². The van der Waals surface area contributed by atoms with Crippen LogP contribution in [0.2, 0.25) is 0 Å². The molecule has 0 radical (unpaired) electrons. The molecule has 4 heteroatoms. The van der Waals surface area contributed by atoms with Crippen molar-refractivity contribution >= 4 is 16.9 Å². The minimum absolute atomic E-state index is 0.00417. The Labute approximate surface area is 98.2 Å². The Balaban J connectivity index is 2.70. The van der Waals surface area contributed by atoms with Gasteiger partial charge in [0.2, 0.25) is 0 Å². The number of hydrogen-bond donors (Lipinski definition) is 0. The zero-order valence-corrected chi connectivity index (χ0v) is 9.86. The molecule has 1 rings (SSSR count). The van der Waals surface area contributed by atoms with Gasteiger partial charge in [-0.15, -0.1) is 0 Å². The molecule has 0 heterocycles. The first-order valence-corrected chi connectivity index (χ1v) is 5.58. The van der Waals surface area contributed by atoms with Crippen LogP contribution in [0.25, 0.3) is 0 Å². The molecule has 1 aromatic rings. The average molecular weight is 238 g/mol. The monoisotopic (exact) mass is 238 g/mol. The molecule has 0 aliphatic heterocycles. The van der Waals surface area contributed by atoms with E-state index in [2.05, 4.69) is 11.8 Å². The Hall–Kier alpha value is -1.47. The number of rotatable bonds is 2. The number of benzene rings is 1. The molecule has 0 atom stereocenters. The molecule has 0 N–H and O–H groups in total. The third-order valence-electron chi connectivity index (χ3n) is 1.75. The van der Waals surface area contributed by atoms with Crippen LogP contribution in [0.15, 0.2) is 18.2 Å². The maximum Gasteiger partial charge on any atom is 0.186 e. The summed E-state index contributed by atoms with van der Waals surface area (Å²) in [5.41, 5.74) is 0.310. The molecule has 16 heavy (non-hydrogen) atoms. The highest BCUT2D eigenvalue weighted by atomic mass is 32.2. The van der Waals surface area contributed by atoms with Gasteiger partial charge < -0.3 is 4.74 Å². The van der Waals surface area contributed by atoms with E-state index in [1.807, 2.05) is 0 Å². The molecule has 0 aliphatic rings. The van der Waals surface area contributed by atoms with Crippen LogP contribution in [0.1, 0.15) is 12.5 Å². The number of carbonyl (C=O) groups excluding carboxylic acids is 1. The summed E-state index contributed by atoms with van der Waals surface area (Å²) in [6, 6.07) is 4.48. The number of methoxy groups -OCH3 is 1. The van der Waals surface area contributed by atoms with E-state index in [0.29, 0.717) is 17.1 Å². The van der Waals surface area contributed by atoms with Gasteiger partial charge in [0.05, 0.1) is 18.4 Å². The van der Waals surface area contributed by atoms with Crippen LogP contribution in [-0.4, -0.2) is 18.0 Å². The summed E-state index contributed by atoms with van der Waals surface area (Å²) in [6.45, 7) is 1.47. The molecule has 0 amide bonds. The zero-order valence-electron chi connectivity index (χ0n) is 9.04. The van der Waals surface area contributed by atoms with Crippen molar-refractivity contribution in [1.29, 1.82) is 0 Å². The summed E-state index contributed by atoms with van der Waals surface area (Å²) in [5.74, 6) is 5.81. The van der Waals surface area contributed by atoms with Crippen LogP contribution in [0.4, 0.5) is 4.39 Å². The fourth-order valence-electron chi connectivity index (χ4n) is 0.993. The summed E-state index contributed by atoms with van der Waals surface area (Å²) in [7, 11) is 1.48. The second kappa shape index (κ2) is 6.19. The van der Waals surface area contributed by atoms with Crippen LogP contribution >= 0.6 is 11.8 Å². The van der Waals surface area contributed by atoms with E-state index in [9.17, 15) is 9.18 Å². The second-order valence-corrected chi connectivity index (χ2v) is 4.08. The predicted octanol–water partition coefficient (Wildman–Crippen LogP) is 2.47. The number of hydrogen-bond acceptors (Lipinski definition) is 3. The van der Waals surface area contributed by atoms with Gasteiger partial charge in [-0.3, -0.25) is 4.79 Å².